The Hall–Kier alpha value is -3.06. The summed E-state index contributed by atoms with van der Waals surface area (Å²) in [4.78, 5) is 8.54. The Labute approximate surface area is 161 Å². The first-order valence-electron chi connectivity index (χ1n) is 8.50. The van der Waals surface area contributed by atoms with E-state index in [4.69, 9.17) is 16.1 Å². The second-order valence-electron chi connectivity index (χ2n) is 6.31. The highest BCUT2D eigenvalue weighted by Gasteiger charge is 2.20. The lowest BCUT2D eigenvalue weighted by atomic mass is 10.1. The van der Waals surface area contributed by atoms with E-state index in [-0.39, 0.29) is 5.92 Å². The van der Waals surface area contributed by atoms with Crippen LogP contribution in [-0.2, 0) is 13.5 Å². The van der Waals surface area contributed by atoms with Crippen LogP contribution in [0.4, 0.5) is 0 Å². The standard InChI is InChI=1S/C19H17ClN6O/c1-12(19-22-17(25-27-19)14-4-3-5-15(20)11-14)10-16-23-24-18(26(16)2)13-6-8-21-9-7-13/h3-9,11-12H,10H2,1-2H3/t12-/m1/s1. The molecule has 3 aromatic heterocycles. The molecule has 0 aliphatic carbocycles. The highest BCUT2D eigenvalue weighted by atomic mass is 35.5. The van der Waals surface area contributed by atoms with Gasteiger partial charge >= 0.3 is 0 Å². The third-order valence-corrected chi connectivity index (χ3v) is 4.57. The Morgan fingerprint density at radius 1 is 1.11 bits per heavy atom. The zero-order valence-electron chi connectivity index (χ0n) is 14.9. The SMILES string of the molecule is C[C@H](Cc1nnc(-c2ccncc2)n1C)c1nc(-c2cccc(Cl)c2)no1. The van der Waals surface area contributed by atoms with Crippen LogP contribution in [0.25, 0.3) is 22.8 Å². The van der Waals surface area contributed by atoms with Gasteiger partial charge in [0.15, 0.2) is 5.82 Å². The van der Waals surface area contributed by atoms with Crippen molar-refractivity contribution in [1.29, 1.82) is 0 Å². The maximum Gasteiger partial charge on any atom is 0.230 e. The second-order valence-corrected chi connectivity index (χ2v) is 6.74. The van der Waals surface area contributed by atoms with Crippen LogP contribution in [0, 0.1) is 0 Å². The summed E-state index contributed by atoms with van der Waals surface area (Å²) in [7, 11) is 1.95. The van der Waals surface area contributed by atoms with Crippen LogP contribution < -0.4 is 0 Å². The summed E-state index contributed by atoms with van der Waals surface area (Å²) < 4.78 is 7.43. The molecule has 4 rings (SSSR count). The van der Waals surface area contributed by atoms with E-state index in [1.165, 1.54) is 0 Å². The first kappa shape index (κ1) is 17.4. The monoisotopic (exact) mass is 380 g/mol. The highest BCUT2D eigenvalue weighted by molar-refractivity contribution is 6.30. The molecule has 4 aromatic rings. The van der Waals surface area contributed by atoms with Crippen molar-refractivity contribution in [1.82, 2.24) is 29.9 Å². The van der Waals surface area contributed by atoms with Crippen molar-refractivity contribution in [3.63, 3.8) is 0 Å². The lowest BCUT2D eigenvalue weighted by Gasteiger charge is -2.07. The van der Waals surface area contributed by atoms with Crippen molar-refractivity contribution in [3.05, 3.63) is 65.5 Å². The van der Waals surface area contributed by atoms with Gasteiger partial charge < -0.3 is 9.09 Å². The molecule has 0 unspecified atom stereocenters. The van der Waals surface area contributed by atoms with Crippen LogP contribution in [0.15, 0.2) is 53.3 Å². The fourth-order valence-corrected chi connectivity index (χ4v) is 3.02. The van der Waals surface area contributed by atoms with Crippen LogP contribution in [0.5, 0.6) is 0 Å². The molecular weight excluding hydrogens is 364 g/mol. The summed E-state index contributed by atoms with van der Waals surface area (Å²) in [5.41, 5.74) is 1.79. The number of aromatic nitrogens is 6. The summed E-state index contributed by atoms with van der Waals surface area (Å²) >= 11 is 6.03. The van der Waals surface area contributed by atoms with Crippen molar-refractivity contribution < 1.29 is 4.52 Å². The Balaban J connectivity index is 1.53. The topological polar surface area (TPSA) is 82.5 Å². The molecule has 136 valence electrons. The van der Waals surface area contributed by atoms with Gasteiger partial charge in [-0.15, -0.1) is 10.2 Å². The molecule has 7 nitrogen and oxygen atoms in total. The van der Waals surface area contributed by atoms with E-state index in [0.29, 0.717) is 23.2 Å². The van der Waals surface area contributed by atoms with Crippen molar-refractivity contribution in [3.8, 4) is 22.8 Å². The van der Waals surface area contributed by atoms with Crippen LogP contribution in [0.1, 0.15) is 24.6 Å². The van der Waals surface area contributed by atoms with Crippen molar-refractivity contribution >= 4 is 11.6 Å². The number of benzene rings is 1. The number of hydrogen-bond acceptors (Lipinski definition) is 6. The Bertz CT molecular complexity index is 1060. The van der Waals surface area contributed by atoms with E-state index in [9.17, 15) is 0 Å². The molecule has 0 N–H and O–H groups in total. The van der Waals surface area contributed by atoms with Gasteiger partial charge in [-0.3, -0.25) is 4.98 Å². The van der Waals surface area contributed by atoms with Crippen LogP contribution in [-0.4, -0.2) is 29.9 Å². The fraction of sp³-hybridized carbons (Fsp3) is 0.211. The third-order valence-electron chi connectivity index (χ3n) is 4.34. The molecular formula is C19H17ClN6O. The molecule has 1 aromatic carbocycles. The van der Waals surface area contributed by atoms with Crippen molar-refractivity contribution in [2.24, 2.45) is 7.05 Å². The smallest absolute Gasteiger partial charge is 0.230 e. The van der Waals surface area contributed by atoms with E-state index in [0.717, 1.165) is 22.8 Å². The van der Waals surface area contributed by atoms with Gasteiger partial charge in [-0.05, 0) is 24.3 Å². The van der Waals surface area contributed by atoms with Crippen LogP contribution in [0.2, 0.25) is 5.02 Å². The molecule has 0 aliphatic rings. The second kappa shape index (κ2) is 7.28. The minimum Gasteiger partial charge on any atom is -0.339 e. The molecule has 0 amide bonds. The summed E-state index contributed by atoms with van der Waals surface area (Å²) in [6.45, 7) is 2.02. The number of hydrogen-bond donors (Lipinski definition) is 0. The van der Waals surface area contributed by atoms with Crippen molar-refractivity contribution in [2.45, 2.75) is 19.3 Å². The summed E-state index contributed by atoms with van der Waals surface area (Å²) in [6.07, 6.45) is 4.11. The van der Waals surface area contributed by atoms with E-state index < -0.39 is 0 Å². The van der Waals surface area contributed by atoms with Gasteiger partial charge in [0.05, 0.1) is 0 Å². The van der Waals surface area contributed by atoms with Crippen LogP contribution >= 0.6 is 11.6 Å². The molecule has 27 heavy (non-hydrogen) atoms. The molecule has 0 spiro atoms. The van der Waals surface area contributed by atoms with E-state index in [1.54, 1.807) is 12.4 Å². The molecule has 0 fully saturated rings. The number of pyridine rings is 1. The van der Waals surface area contributed by atoms with E-state index in [2.05, 4.69) is 25.3 Å². The summed E-state index contributed by atoms with van der Waals surface area (Å²) in [6, 6.07) is 11.2. The lowest BCUT2D eigenvalue weighted by molar-refractivity contribution is 0.357. The van der Waals surface area contributed by atoms with E-state index >= 15 is 0 Å². The van der Waals surface area contributed by atoms with Gasteiger partial charge in [0, 0.05) is 47.9 Å². The lowest BCUT2D eigenvalue weighted by Crippen LogP contribution is -2.06. The van der Waals surface area contributed by atoms with Gasteiger partial charge in [0.2, 0.25) is 11.7 Å². The third kappa shape index (κ3) is 3.59. The largest absolute Gasteiger partial charge is 0.339 e. The molecule has 0 saturated heterocycles. The zero-order valence-corrected chi connectivity index (χ0v) is 15.6. The average molecular weight is 381 g/mol. The summed E-state index contributed by atoms with van der Waals surface area (Å²) in [5, 5.41) is 13.3. The van der Waals surface area contributed by atoms with Crippen molar-refractivity contribution in [2.75, 3.05) is 0 Å². The molecule has 3 heterocycles. The minimum atomic E-state index is -0.00127. The van der Waals surface area contributed by atoms with Crippen LogP contribution in [0.3, 0.4) is 0 Å². The van der Waals surface area contributed by atoms with Gasteiger partial charge in [0.25, 0.3) is 0 Å². The molecule has 0 aliphatic heterocycles. The van der Waals surface area contributed by atoms with Gasteiger partial charge in [0.1, 0.15) is 5.82 Å². The van der Waals surface area contributed by atoms with E-state index in [1.807, 2.05) is 54.9 Å². The predicted octanol–water partition coefficient (Wildman–Crippen LogP) is 3.93. The minimum absolute atomic E-state index is 0.00127. The quantitative estimate of drug-likeness (QED) is 0.521. The summed E-state index contributed by atoms with van der Waals surface area (Å²) in [5.74, 6) is 2.72. The molecule has 1 atom stereocenters. The maximum atomic E-state index is 6.03. The Kier molecular flexibility index (Phi) is 4.68. The van der Waals surface area contributed by atoms with Gasteiger partial charge in [-0.25, -0.2) is 0 Å². The number of halogens is 1. The number of rotatable bonds is 5. The first-order valence-corrected chi connectivity index (χ1v) is 8.88. The van der Waals surface area contributed by atoms with Gasteiger partial charge in [-0.2, -0.15) is 4.98 Å². The molecule has 0 bridgehead atoms. The first-order chi connectivity index (χ1) is 13.1. The molecule has 8 heteroatoms. The van der Waals surface area contributed by atoms with Gasteiger partial charge in [-0.1, -0.05) is 35.8 Å². The average Bonchev–Trinajstić information content (AvgIpc) is 3.31. The normalized spacial score (nSPS) is 12.3. The Morgan fingerprint density at radius 3 is 2.70 bits per heavy atom. The zero-order chi connectivity index (χ0) is 18.8. The molecule has 0 radical (unpaired) electrons. The number of nitrogens with zero attached hydrogens (tertiary/aromatic N) is 6. The Morgan fingerprint density at radius 2 is 1.93 bits per heavy atom. The maximum absolute atomic E-state index is 6.03. The fourth-order valence-electron chi connectivity index (χ4n) is 2.83. The predicted molar refractivity (Wildman–Crippen MR) is 101 cm³/mol. The highest BCUT2D eigenvalue weighted by Crippen LogP contribution is 2.25. The molecule has 0 saturated carbocycles.